The molecule has 0 N–H and O–H groups in total. The molecule has 1 atom stereocenters. The summed E-state index contributed by atoms with van der Waals surface area (Å²) in [7, 11) is 0. The minimum atomic E-state index is -1.29. The second-order valence-corrected chi connectivity index (χ2v) is 3.13. The lowest BCUT2D eigenvalue weighted by Crippen LogP contribution is -2.16. The first kappa shape index (κ1) is 8.65. The molecule has 0 bridgehead atoms. The number of rotatable bonds is 2. The van der Waals surface area contributed by atoms with Gasteiger partial charge >= 0.3 is 0 Å². The minimum Gasteiger partial charge on any atom is -0.265 e. The van der Waals surface area contributed by atoms with Crippen molar-refractivity contribution in [2.24, 2.45) is 0 Å². The maximum Gasteiger partial charge on any atom is 0.142 e. The summed E-state index contributed by atoms with van der Waals surface area (Å²) in [5.74, 6) is 0. The standard InChI is InChI=1S/C8H9BrFN/c1-8(10,6-9)7-2-4-11-5-3-7/h2-5H,6H2,1H3. The number of nitrogens with zero attached hydrogens (tertiary/aromatic N) is 1. The van der Waals surface area contributed by atoms with Gasteiger partial charge in [0.2, 0.25) is 0 Å². The van der Waals surface area contributed by atoms with E-state index >= 15 is 0 Å². The second kappa shape index (κ2) is 3.30. The van der Waals surface area contributed by atoms with Crippen LogP contribution in [0.4, 0.5) is 4.39 Å². The fourth-order valence-electron chi connectivity index (χ4n) is 0.777. The van der Waals surface area contributed by atoms with Crippen molar-refractivity contribution < 1.29 is 4.39 Å². The Hall–Kier alpha value is -0.440. The Morgan fingerprint density at radius 1 is 1.55 bits per heavy atom. The van der Waals surface area contributed by atoms with E-state index in [1.165, 1.54) is 6.92 Å². The summed E-state index contributed by atoms with van der Waals surface area (Å²) < 4.78 is 13.5. The third-order valence-electron chi connectivity index (χ3n) is 1.53. The molecule has 0 fully saturated rings. The highest BCUT2D eigenvalue weighted by Crippen LogP contribution is 2.26. The quantitative estimate of drug-likeness (QED) is 0.695. The monoisotopic (exact) mass is 217 g/mol. The van der Waals surface area contributed by atoms with Crippen LogP contribution < -0.4 is 0 Å². The van der Waals surface area contributed by atoms with Crippen molar-refractivity contribution in [1.29, 1.82) is 0 Å². The van der Waals surface area contributed by atoms with Gasteiger partial charge in [0, 0.05) is 17.7 Å². The Morgan fingerprint density at radius 2 is 2.09 bits per heavy atom. The molecule has 11 heavy (non-hydrogen) atoms. The second-order valence-electron chi connectivity index (χ2n) is 2.57. The number of hydrogen-bond acceptors (Lipinski definition) is 1. The van der Waals surface area contributed by atoms with Crippen LogP contribution in [0.3, 0.4) is 0 Å². The normalized spacial score (nSPS) is 15.9. The summed E-state index contributed by atoms with van der Waals surface area (Å²) >= 11 is 3.11. The van der Waals surface area contributed by atoms with Crippen LogP contribution in [0.1, 0.15) is 12.5 Å². The SMILES string of the molecule is CC(F)(CBr)c1ccncc1. The molecular formula is C8H9BrFN. The smallest absolute Gasteiger partial charge is 0.142 e. The van der Waals surface area contributed by atoms with Crippen molar-refractivity contribution in [1.82, 2.24) is 4.98 Å². The van der Waals surface area contributed by atoms with Gasteiger partial charge in [0.15, 0.2) is 0 Å². The Balaban J connectivity index is 2.93. The molecule has 0 saturated carbocycles. The molecule has 0 aliphatic rings. The number of halogens is 2. The number of pyridine rings is 1. The summed E-state index contributed by atoms with van der Waals surface area (Å²) in [5, 5.41) is 0.310. The molecule has 0 amide bonds. The lowest BCUT2D eigenvalue weighted by atomic mass is 10.0. The third kappa shape index (κ3) is 1.99. The minimum absolute atomic E-state index is 0.310. The zero-order valence-corrected chi connectivity index (χ0v) is 7.81. The van der Waals surface area contributed by atoms with E-state index < -0.39 is 5.67 Å². The highest BCUT2D eigenvalue weighted by molar-refractivity contribution is 9.09. The van der Waals surface area contributed by atoms with Crippen molar-refractivity contribution >= 4 is 15.9 Å². The van der Waals surface area contributed by atoms with E-state index in [-0.39, 0.29) is 0 Å². The summed E-state index contributed by atoms with van der Waals surface area (Å²) in [5.41, 5.74) is -0.632. The molecule has 0 spiro atoms. The van der Waals surface area contributed by atoms with E-state index in [9.17, 15) is 4.39 Å². The summed E-state index contributed by atoms with van der Waals surface area (Å²) in [6.07, 6.45) is 3.19. The fraction of sp³-hybridized carbons (Fsp3) is 0.375. The Kier molecular flexibility index (Phi) is 2.60. The van der Waals surface area contributed by atoms with E-state index in [0.29, 0.717) is 10.9 Å². The lowest BCUT2D eigenvalue weighted by Gasteiger charge is -2.16. The molecule has 1 nitrogen and oxygen atoms in total. The summed E-state index contributed by atoms with van der Waals surface area (Å²) in [6.45, 7) is 1.54. The number of alkyl halides is 2. The number of aromatic nitrogens is 1. The first-order valence-corrected chi connectivity index (χ1v) is 4.44. The topological polar surface area (TPSA) is 12.9 Å². The Bertz CT molecular complexity index is 223. The first-order chi connectivity index (χ1) is 5.17. The van der Waals surface area contributed by atoms with Gasteiger partial charge in [-0.2, -0.15) is 0 Å². The van der Waals surface area contributed by atoms with E-state index in [2.05, 4.69) is 20.9 Å². The van der Waals surface area contributed by atoms with Gasteiger partial charge in [-0.05, 0) is 24.6 Å². The summed E-state index contributed by atoms with van der Waals surface area (Å²) in [4.78, 5) is 3.81. The molecule has 1 unspecified atom stereocenters. The predicted molar refractivity (Wildman–Crippen MR) is 46.5 cm³/mol. The molecule has 0 radical (unpaired) electrons. The van der Waals surface area contributed by atoms with Crippen LogP contribution >= 0.6 is 15.9 Å². The van der Waals surface area contributed by atoms with Gasteiger partial charge in [-0.15, -0.1) is 0 Å². The van der Waals surface area contributed by atoms with Crippen LogP contribution in [0.25, 0.3) is 0 Å². The van der Waals surface area contributed by atoms with E-state index in [4.69, 9.17) is 0 Å². The van der Waals surface area contributed by atoms with Gasteiger partial charge in [0.25, 0.3) is 0 Å². The van der Waals surface area contributed by atoms with Crippen molar-refractivity contribution in [3.63, 3.8) is 0 Å². The molecule has 1 rings (SSSR count). The van der Waals surface area contributed by atoms with Crippen molar-refractivity contribution in [2.75, 3.05) is 5.33 Å². The molecular weight excluding hydrogens is 209 g/mol. The van der Waals surface area contributed by atoms with Gasteiger partial charge in [0.1, 0.15) is 5.67 Å². The van der Waals surface area contributed by atoms with E-state index in [1.54, 1.807) is 24.5 Å². The molecule has 3 heteroatoms. The Morgan fingerprint density at radius 3 is 2.55 bits per heavy atom. The van der Waals surface area contributed by atoms with Gasteiger partial charge < -0.3 is 0 Å². The van der Waals surface area contributed by atoms with E-state index in [1.807, 2.05) is 0 Å². The average Bonchev–Trinajstić information content (AvgIpc) is 2.06. The molecule has 1 aromatic rings. The lowest BCUT2D eigenvalue weighted by molar-refractivity contribution is 0.230. The molecule has 0 aromatic carbocycles. The molecule has 0 aliphatic carbocycles. The van der Waals surface area contributed by atoms with Gasteiger partial charge in [-0.1, -0.05) is 15.9 Å². The maximum atomic E-state index is 13.5. The van der Waals surface area contributed by atoms with Crippen LogP contribution in [0, 0.1) is 0 Å². The van der Waals surface area contributed by atoms with Crippen LogP contribution in [-0.2, 0) is 5.67 Å². The molecule has 0 saturated heterocycles. The van der Waals surface area contributed by atoms with Crippen LogP contribution in [-0.4, -0.2) is 10.3 Å². The van der Waals surface area contributed by atoms with E-state index in [0.717, 1.165) is 0 Å². The third-order valence-corrected chi connectivity index (χ3v) is 2.59. The molecule has 60 valence electrons. The summed E-state index contributed by atoms with van der Waals surface area (Å²) in [6, 6.07) is 3.36. The zero-order valence-electron chi connectivity index (χ0n) is 6.22. The zero-order chi connectivity index (χ0) is 8.32. The van der Waals surface area contributed by atoms with Gasteiger partial charge in [-0.25, -0.2) is 4.39 Å². The first-order valence-electron chi connectivity index (χ1n) is 3.32. The van der Waals surface area contributed by atoms with Gasteiger partial charge in [-0.3, -0.25) is 4.98 Å². The van der Waals surface area contributed by atoms with Gasteiger partial charge in [0.05, 0.1) is 0 Å². The van der Waals surface area contributed by atoms with Crippen molar-refractivity contribution in [3.05, 3.63) is 30.1 Å². The van der Waals surface area contributed by atoms with Crippen LogP contribution in [0.5, 0.6) is 0 Å². The van der Waals surface area contributed by atoms with Crippen LogP contribution in [0.15, 0.2) is 24.5 Å². The molecule has 0 aliphatic heterocycles. The largest absolute Gasteiger partial charge is 0.265 e. The van der Waals surface area contributed by atoms with Crippen LogP contribution in [0.2, 0.25) is 0 Å². The van der Waals surface area contributed by atoms with Crippen molar-refractivity contribution in [2.45, 2.75) is 12.6 Å². The Labute approximate surface area is 73.8 Å². The molecule has 1 aromatic heterocycles. The fourth-order valence-corrected chi connectivity index (χ4v) is 1.10. The van der Waals surface area contributed by atoms with Crippen molar-refractivity contribution in [3.8, 4) is 0 Å². The number of hydrogen-bond donors (Lipinski definition) is 0. The predicted octanol–water partition coefficient (Wildman–Crippen LogP) is 2.66. The molecule has 1 heterocycles. The maximum absolute atomic E-state index is 13.5. The average molecular weight is 218 g/mol. The highest BCUT2D eigenvalue weighted by Gasteiger charge is 2.23. The highest BCUT2D eigenvalue weighted by atomic mass is 79.9.